The van der Waals surface area contributed by atoms with Crippen molar-refractivity contribution >= 4 is 11.0 Å². The summed E-state index contributed by atoms with van der Waals surface area (Å²) in [5.74, 6) is 0.239. The van der Waals surface area contributed by atoms with Crippen LogP contribution >= 0.6 is 0 Å². The molecule has 2 heterocycles. The van der Waals surface area contributed by atoms with Crippen molar-refractivity contribution in [2.24, 2.45) is 0 Å². The number of aromatic hydroxyl groups is 1. The maximum atomic E-state index is 12.4. The lowest BCUT2D eigenvalue weighted by Crippen LogP contribution is -2.22. The van der Waals surface area contributed by atoms with Gasteiger partial charge in [-0.05, 0) is 12.5 Å². The van der Waals surface area contributed by atoms with E-state index >= 15 is 0 Å². The van der Waals surface area contributed by atoms with Crippen LogP contribution in [-0.4, -0.2) is 39.3 Å². The standard InChI is InChI=1S/C16H18O7/c1-19-8-6-10-13(17)12(9-4-5-22-16(9)21-3)15(18)23-14(10)11(7-8)20-2/h6-7,9,16-17H,4-5H2,1-3H3. The fourth-order valence-corrected chi connectivity index (χ4v) is 2.92. The van der Waals surface area contributed by atoms with E-state index in [1.807, 2.05) is 0 Å². The summed E-state index contributed by atoms with van der Waals surface area (Å²) in [7, 11) is 4.45. The van der Waals surface area contributed by atoms with Crippen molar-refractivity contribution < 1.29 is 28.5 Å². The van der Waals surface area contributed by atoms with E-state index in [1.165, 1.54) is 21.3 Å². The molecule has 124 valence electrons. The highest BCUT2D eigenvalue weighted by molar-refractivity contribution is 5.90. The van der Waals surface area contributed by atoms with Gasteiger partial charge in [-0.25, -0.2) is 4.79 Å². The van der Waals surface area contributed by atoms with Gasteiger partial charge in [-0.1, -0.05) is 0 Å². The summed E-state index contributed by atoms with van der Waals surface area (Å²) in [6.07, 6.45) is -0.0302. The third-order valence-electron chi connectivity index (χ3n) is 4.05. The minimum atomic E-state index is -0.629. The van der Waals surface area contributed by atoms with Crippen LogP contribution in [0.3, 0.4) is 0 Å². The number of ether oxygens (including phenoxy) is 4. The van der Waals surface area contributed by atoms with Crippen molar-refractivity contribution in [1.82, 2.24) is 0 Å². The Labute approximate surface area is 132 Å². The second kappa shape index (κ2) is 6.10. The maximum absolute atomic E-state index is 12.4. The summed E-state index contributed by atoms with van der Waals surface area (Å²) >= 11 is 0. The van der Waals surface area contributed by atoms with Crippen LogP contribution in [0.25, 0.3) is 11.0 Å². The smallest absolute Gasteiger partial charge is 0.343 e. The van der Waals surface area contributed by atoms with Gasteiger partial charge in [-0.15, -0.1) is 0 Å². The third-order valence-corrected chi connectivity index (χ3v) is 4.05. The quantitative estimate of drug-likeness (QED) is 0.861. The van der Waals surface area contributed by atoms with E-state index in [0.29, 0.717) is 29.9 Å². The molecule has 1 aromatic heterocycles. The normalized spacial score (nSPS) is 20.8. The predicted octanol–water partition coefficient (Wildman–Crippen LogP) is 1.99. The third kappa shape index (κ3) is 2.51. The molecule has 1 aliphatic rings. The van der Waals surface area contributed by atoms with Crippen LogP contribution < -0.4 is 15.1 Å². The van der Waals surface area contributed by atoms with Gasteiger partial charge in [0.1, 0.15) is 11.5 Å². The molecule has 7 nitrogen and oxygen atoms in total. The fourth-order valence-electron chi connectivity index (χ4n) is 2.92. The zero-order valence-corrected chi connectivity index (χ0v) is 13.1. The van der Waals surface area contributed by atoms with Gasteiger partial charge in [0.05, 0.1) is 31.8 Å². The molecule has 0 aliphatic carbocycles. The van der Waals surface area contributed by atoms with Crippen molar-refractivity contribution in [2.75, 3.05) is 27.9 Å². The summed E-state index contributed by atoms with van der Waals surface area (Å²) in [5.41, 5.74) is -0.305. The Morgan fingerprint density at radius 3 is 2.65 bits per heavy atom. The van der Waals surface area contributed by atoms with Crippen LogP contribution in [0.5, 0.6) is 17.2 Å². The van der Waals surface area contributed by atoms with Crippen molar-refractivity contribution in [1.29, 1.82) is 0 Å². The number of hydrogen-bond donors (Lipinski definition) is 1. The Kier molecular flexibility index (Phi) is 4.14. The zero-order valence-electron chi connectivity index (χ0n) is 13.1. The highest BCUT2D eigenvalue weighted by Crippen LogP contribution is 2.41. The van der Waals surface area contributed by atoms with E-state index in [4.69, 9.17) is 23.4 Å². The van der Waals surface area contributed by atoms with Gasteiger partial charge in [0.15, 0.2) is 17.6 Å². The number of rotatable bonds is 4. The lowest BCUT2D eigenvalue weighted by Gasteiger charge is -2.18. The molecule has 1 aliphatic heterocycles. The molecule has 2 aromatic rings. The van der Waals surface area contributed by atoms with Gasteiger partial charge in [-0.2, -0.15) is 0 Å². The molecule has 1 fully saturated rings. The van der Waals surface area contributed by atoms with E-state index < -0.39 is 17.8 Å². The minimum absolute atomic E-state index is 0.150. The number of methoxy groups -OCH3 is 3. The number of fused-ring (bicyclic) bond motifs is 1. The summed E-state index contributed by atoms with van der Waals surface area (Å²) in [6.45, 7) is 0.446. The predicted molar refractivity (Wildman–Crippen MR) is 81.4 cm³/mol. The highest BCUT2D eigenvalue weighted by atomic mass is 16.7. The second-order valence-electron chi connectivity index (χ2n) is 5.23. The molecule has 0 saturated carbocycles. The molecule has 2 atom stereocenters. The average molecular weight is 322 g/mol. The van der Waals surface area contributed by atoms with Crippen LogP contribution in [0, 0.1) is 0 Å². The molecule has 7 heteroatoms. The molecule has 0 radical (unpaired) electrons. The Balaban J connectivity index is 2.26. The van der Waals surface area contributed by atoms with Crippen molar-refractivity contribution in [3.05, 3.63) is 28.1 Å². The molecule has 2 unspecified atom stereocenters. The first kappa shape index (κ1) is 15.6. The van der Waals surface area contributed by atoms with E-state index in [1.54, 1.807) is 12.1 Å². The fraction of sp³-hybridized carbons (Fsp3) is 0.438. The van der Waals surface area contributed by atoms with Crippen LogP contribution in [-0.2, 0) is 9.47 Å². The lowest BCUT2D eigenvalue weighted by atomic mass is 9.96. The first-order valence-electron chi connectivity index (χ1n) is 7.16. The summed E-state index contributed by atoms with van der Waals surface area (Å²) < 4.78 is 26.4. The molecular weight excluding hydrogens is 304 g/mol. The molecule has 0 bridgehead atoms. The molecular formula is C16H18O7. The highest BCUT2D eigenvalue weighted by Gasteiger charge is 2.35. The summed E-state index contributed by atoms with van der Waals surface area (Å²) in [4.78, 5) is 12.4. The minimum Gasteiger partial charge on any atom is -0.507 e. The zero-order chi connectivity index (χ0) is 16.6. The Hall–Kier alpha value is -2.25. The lowest BCUT2D eigenvalue weighted by molar-refractivity contribution is -0.0968. The molecule has 3 rings (SSSR count). The Morgan fingerprint density at radius 1 is 1.22 bits per heavy atom. The van der Waals surface area contributed by atoms with Gasteiger partial charge >= 0.3 is 5.63 Å². The molecule has 1 N–H and O–H groups in total. The second-order valence-corrected chi connectivity index (χ2v) is 5.23. The Bertz CT molecular complexity index is 780. The van der Waals surface area contributed by atoms with E-state index in [2.05, 4.69) is 0 Å². The summed E-state index contributed by atoms with van der Waals surface area (Å²) in [6, 6.07) is 3.18. The summed E-state index contributed by atoms with van der Waals surface area (Å²) in [5, 5.41) is 11.0. The number of benzene rings is 1. The van der Waals surface area contributed by atoms with E-state index in [0.717, 1.165) is 0 Å². The molecule has 1 saturated heterocycles. The Morgan fingerprint density at radius 2 is 2.00 bits per heavy atom. The first-order valence-corrected chi connectivity index (χ1v) is 7.16. The molecule has 0 spiro atoms. The monoisotopic (exact) mass is 322 g/mol. The van der Waals surface area contributed by atoms with Crippen molar-refractivity contribution in [2.45, 2.75) is 18.6 Å². The van der Waals surface area contributed by atoms with Gasteiger partial charge in [0, 0.05) is 19.1 Å². The van der Waals surface area contributed by atoms with Crippen LogP contribution in [0.1, 0.15) is 17.9 Å². The van der Waals surface area contributed by atoms with Crippen molar-refractivity contribution in [3.8, 4) is 17.2 Å². The van der Waals surface area contributed by atoms with Crippen LogP contribution in [0.15, 0.2) is 21.3 Å². The van der Waals surface area contributed by atoms with Gasteiger partial charge in [-0.3, -0.25) is 0 Å². The van der Waals surface area contributed by atoms with Crippen molar-refractivity contribution in [3.63, 3.8) is 0 Å². The topological polar surface area (TPSA) is 87.4 Å². The average Bonchev–Trinajstić information content (AvgIpc) is 3.02. The van der Waals surface area contributed by atoms with Gasteiger partial charge in [0.2, 0.25) is 0 Å². The number of hydrogen-bond acceptors (Lipinski definition) is 7. The van der Waals surface area contributed by atoms with E-state index in [9.17, 15) is 9.90 Å². The van der Waals surface area contributed by atoms with Crippen LogP contribution in [0.4, 0.5) is 0 Å². The van der Waals surface area contributed by atoms with E-state index in [-0.39, 0.29) is 16.9 Å². The van der Waals surface area contributed by atoms with Gasteiger partial charge in [0.25, 0.3) is 0 Å². The molecule has 23 heavy (non-hydrogen) atoms. The SMILES string of the molecule is COc1cc(OC)c2oc(=O)c(C3CCOC3OC)c(O)c2c1. The van der Waals surface area contributed by atoms with Crippen LogP contribution in [0.2, 0.25) is 0 Å². The maximum Gasteiger partial charge on any atom is 0.343 e. The largest absolute Gasteiger partial charge is 0.507 e. The molecule has 1 aromatic carbocycles. The van der Waals surface area contributed by atoms with Gasteiger partial charge < -0.3 is 28.5 Å². The first-order chi connectivity index (χ1) is 11.1. The molecule has 0 amide bonds.